The highest BCUT2D eigenvalue weighted by molar-refractivity contribution is 9.10. The molecule has 0 heterocycles. The highest BCUT2D eigenvalue weighted by Crippen LogP contribution is 2.04. The van der Waals surface area contributed by atoms with Gasteiger partial charge in [-0.05, 0) is 13.3 Å². The van der Waals surface area contributed by atoms with E-state index in [2.05, 4.69) is 31.9 Å². The van der Waals surface area contributed by atoms with Crippen LogP contribution < -0.4 is 0 Å². The molecule has 0 aromatic rings. The predicted octanol–water partition coefficient (Wildman–Crippen LogP) is 2.51. The fraction of sp³-hybridized carbons (Fsp3) is 0.833. The SMILES string of the molecule is CC(Br)C(=O)CCCBr. The zero-order chi connectivity index (χ0) is 7.28. The van der Waals surface area contributed by atoms with Gasteiger partial charge in [-0.1, -0.05) is 31.9 Å². The van der Waals surface area contributed by atoms with E-state index in [1.165, 1.54) is 0 Å². The molecule has 9 heavy (non-hydrogen) atoms. The first kappa shape index (κ1) is 9.63. The lowest BCUT2D eigenvalue weighted by Gasteiger charge is -1.98. The molecule has 0 fully saturated rings. The van der Waals surface area contributed by atoms with E-state index in [0.717, 1.165) is 11.8 Å². The molecule has 3 heteroatoms. The van der Waals surface area contributed by atoms with Gasteiger partial charge in [-0.2, -0.15) is 0 Å². The van der Waals surface area contributed by atoms with Gasteiger partial charge in [-0.3, -0.25) is 4.79 Å². The van der Waals surface area contributed by atoms with Crippen molar-refractivity contribution in [3.8, 4) is 0 Å². The van der Waals surface area contributed by atoms with E-state index in [1.807, 2.05) is 6.92 Å². The lowest BCUT2D eigenvalue weighted by atomic mass is 10.2. The molecule has 0 radical (unpaired) electrons. The fourth-order valence-corrected chi connectivity index (χ4v) is 0.949. The van der Waals surface area contributed by atoms with Gasteiger partial charge in [0.2, 0.25) is 0 Å². The third-order valence-electron chi connectivity index (χ3n) is 1.00. The van der Waals surface area contributed by atoms with Gasteiger partial charge in [0.15, 0.2) is 0 Å². The van der Waals surface area contributed by atoms with E-state index in [0.29, 0.717) is 6.42 Å². The highest BCUT2D eigenvalue weighted by atomic mass is 79.9. The van der Waals surface area contributed by atoms with Crippen LogP contribution >= 0.6 is 31.9 Å². The third kappa shape index (κ3) is 5.09. The molecule has 0 aliphatic heterocycles. The largest absolute Gasteiger partial charge is 0.298 e. The van der Waals surface area contributed by atoms with Crippen molar-refractivity contribution in [2.75, 3.05) is 5.33 Å². The Bertz CT molecular complexity index is 91.1. The van der Waals surface area contributed by atoms with Crippen molar-refractivity contribution in [1.29, 1.82) is 0 Å². The maximum absolute atomic E-state index is 10.8. The molecular weight excluding hydrogens is 248 g/mol. The van der Waals surface area contributed by atoms with Gasteiger partial charge in [0.05, 0.1) is 4.83 Å². The van der Waals surface area contributed by atoms with Gasteiger partial charge < -0.3 is 0 Å². The minimum atomic E-state index is 0.0246. The lowest BCUT2D eigenvalue weighted by Crippen LogP contribution is -2.08. The van der Waals surface area contributed by atoms with Crippen LogP contribution in [0.5, 0.6) is 0 Å². The standard InChI is InChI=1S/C6H10Br2O/c1-5(8)6(9)3-2-4-7/h5H,2-4H2,1H3. The van der Waals surface area contributed by atoms with Gasteiger partial charge in [0, 0.05) is 11.8 Å². The summed E-state index contributed by atoms with van der Waals surface area (Å²) in [7, 11) is 0. The van der Waals surface area contributed by atoms with Gasteiger partial charge in [0.25, 0.3) is 0 Å². The van der Waals surface area contributed by atoms with Gasteiger partial charge >= 0.3 is 0 Å². The first-order valence-electron chi connectivity index (χ1n) is 2.91. The van der Waals surface area contributed by atoms with Gasteiger partial charge in [-0.15, -0.1) is 0 Å². The monoisotopic (exact) mass is 256 g/mol. The molecule has 54 valence electrons. The Morgan fingerprint density at radius 2 is 2.22 bits per heavy atom. The molecule has 1 unspecified atom stereocenters. The highest BCUT2D eigenvalue weighted by Gasteiger charge is 2.06. The molecule has 0 aliphatic carbocycles. The Balaban J connectivity index is 3.28. The van der Waals surface area contributed by atoms with Crippen LogP contribution in [-0.4, -0.2) is 15.9 Å². The Labute approximate surface area is 72.5 Å². The molecule has 0 rings (SSSR count). The van der Waals surface area contributed by atoms with Crippen molar-refractivity contribution >= 4 is 37.6 Å². The predicted molar refractivity (Wildman–Crippen MR) is 46.4 cm³/mol. The summed E-state index contributed by atoms with van der Waals surface area (Å²) in [5, 5.41) is 0.915. The van der Waals surface area contributed by atoms with Crippen LogP contribution in [0, 0.1) is 0 Å². The summed E-state index contributed by atoms with van der Waals surface area (Å²) < 4.78 is 0. The number of alkyl halides is 2. The van der Waals surface area contributed by atoms with E-state index in [9.17, 15) is 4.79 Å². The average Bonchev–Trinajstić information content (AvgIpc) is 1.82. The van der Waals surface area contributed by atoms with E-state index in [4.69, 9.17) is 0 Å². The molecule has 0 amide bonds. The van der Waals surface area contributed by atoms with E-state index in [-0.39, 0.29) is 10.6 Å². The minimum absolute atomic E-state index is 0.0246. The summed E-state index contributed by atoms with van der Waals surface area (Å²) in [6.07, 6.45) is 1.62. The second kappa shape index (κ2) is 5.42. The number of ketones is 1. The van der Waals surface area contributed by atoms with Crippen LogP contribution in [-0.2, 0) is 4.79 Å². The van der Waals surface area contributed by atoms with Crippen LogP contribution in [0.15, 0.2) is 0 Å². The second-order valence-electron chi connectivity index (χ2n) is 1.87. The zero-order valence-electron chi connectivity index (χ0n) is 5.36. The molecule has 1 atom stereocenters. The molecule has 0 N–H and O–H groups in total. The second-order valence-corrected chi connectivity index (χ2v) is 4.04. The normalized spacial score (nSPS) is 13.2. The first-order chi connectivity index (χ1) is 4.18. The molecule has 0 saturated heterocycles. The Hall–Kier alpha value is 0.630. The first-order valence-corrected chi connectivity index (χ1v) is 4.95. The zero-order valence-corrected chi connectivity index (χ0v) is 8.53. The summed E-state index contributed by atoms with van der Waals surface area (Å²) >= 11 is 6.46. The summed E-state index contributed by atoms with van der Waals surface area (Å²) in [5.74, 6) is 0.287. The molecular formula is C6H10Br2O. The van der Waals surface area contributed by atoms with Crippen LogP contribution in [0.4, 0.5) is 0 Å². The van der Waals surface area contributed by atoms with Crippen molar-refractivity contribution < 1.29 is 4.79 Å². The number of Topliss-reactive ketones (excluding diaryl/α,β-unsaturated/α-hetero) is 1. The number of carbonyl (C=O) groups excluding carboxylic acids is 1. The van der Waals surface area contributed by atoms with Crippen LogP contribution in [0.3, 0.4) is 0 Å². The van der Waals surface area contributed by atoms with Crippen LogP contribution in [0.1, 0.15) is 19.8 Å². The van der Waals surface area contributed by atoms with Crippen LogP contribution in [0.2, 0.25) is 0 Å². The van der Waals surface area contributed by atoms with Crippen molar-refractivity contribution in [1.82, 2.24) is 0 Å². The number of hydrogen-bond donors (Lipinski definition) is 0. The number of carbonyl (C=O) groups is 1. The van der Waals surface area contributed by atoms with E-state index < -0.39 is 0 Å². The quantitative estimate of drug-likeness (QED) is 0.708. The molecule has 0 bridgehead atoms. The van der Waals surface area contributed by atoms with E-state index >= 15 is 0 Å². The smallest absolute Gasteiger partial charge is 0.146 e. The van der Waals surface area contributed by atoms with Gasteiger partial charge in [0.1, 0.15) is 5.78 Å². The van der Waals surface area contributed by atoms with E-state index in [1.54, 1.807) is 0 Å². The Kier molecular flexibility index (Phi) is 5.80. The van der Waals surface area contributed by atoms with Crippen molar-refractivity contribution in [3.63, 3.8) is 0 Å². The Morgan fingerprint density at radius 3 is 2.56 bits per heavy atom. The summed E-state index contributed by atoms with van der Waals surface area (Å²) in [5.41, 5.74) is 0. The maximum Gasteiger partial charge on any atom is 0.146 e. The Morgan fingerprint density at radius 1 is 1.67 bits per heavy atom. The third-order valence-corrected chi connectivity index (χ3v) is 2.07. The minimum Gasteiger partial charge on any atom is -0.298 e. The number of hydrogen-bond acceptors (Lipinski definition) is 1. The topological polar surface area (TPSA) is 17.1 Å². The van der Waals surface area contributed by atoms with Crippen molar-refractivity contribution in [2.45, 2.75) is 24.6 Å². The van der Waals surface area contributed by atoms with Gasteiger partial charge in [-0.25, -0.2) is 0 Å². The summed E-state index contributed by atoms with van der Waals surface area (Å²) in [6.45, 7) is 1.86. The average molecular weight is 258 g/mol. The molecule has 0 saturated carbocycles. The maximum atomic E-state index is 10.8. The lowest BCUT2D eigenvalue weighted by molar-refractivity contribution is -0.118. The fourth-order valence-electron chi connectivity index (χ4n) is 0.440. The summed E-state index contributed by atoms with van der Waals surface area (Å²) in [4.78, 5) is 10.9. The van der Waals surface area contributed by atoms with Crippen molar-refractivity contribution in [3.05, 3.63) is 0 Å². The number of halogens is 2. The number of rotatable bonds is 4. The van der Waals surface area contributed by atoms with Crippen molar-refractivity contribution in [2.24, 2.45) is 0 Å². The molecule has 1 nitrogen and oxygen atoms in total. The molecule has 0 aliphatic rings. The molecule has 0 aromatic carbocycles. The summed E-state index contributed by atoms with van der Waals surface area (Å²) in [6, 6.07) is 0. The van der Waals surface area contributed by atoms with Crippen LogP contribution in [0.25, 0.3) is 0 Å². The molecule has 0 spiro atoms. The molecule has 0 aromatic heterocycles.